The van der Waals surface area contributed by atoms with Crippen LogP contribution in [-0.4, -0.2) is 15.0 Å². The molecular formula is C58H121N3. The smallest absolute Gasteiger partial charge is 0.0457 e. The monoisotopic (exact) mass is 860 g/mol. The highest BCUT2D eigenvalue weighted by Crippen LogP contribution is 2.22. The summed E-state index contributed by atoms with van der Waals surface area (Å²) >= 11 is 0. The molecule has 0 spiro atoms. The molecule has 0 radical (unpaired) electrons. The molecular weight excluding hydrogens is 739 g/mol. The van der Waals surface area contributed by atoms with Crippen molar-refractivity contribution in [1.82, 2.24) is 15.0 Å². The van der Waals surface area contributed by atoms with E-state index in [1.807, 2.05) is 154 Å². The second-order valence-corrected chi connectivity index (χ2v) is 14.1. The fourth-order valence-corrected chi connectivity index (χ4v) is 3.40. The Balaban J connectivity index is -0.0000000401. The molecule has 0 saturated heterocycles. The zero-order valence-corrected chi connectivity index (χ0v) is 43.2. The standard InChI is InChI=1S/C10H14.3C9H13N.8C2H6.5CH4/c1-10(2,3)9-7-5-4-6-8-9;1-9(2,3)8-4-6-10-7-5-8;1-9(2,3)8-5-4-6-10-7-8;1-9(2,3)8-6-4-5-7-10-8;8*1-2;;;;;/h4-8H,1-3H3;3*4-7H,1-3H3;8*1-2H3;5*1H4. The van der Waals surface area contributed by atoms with Gasteiger partial charge in [-0.2, -0.15) is 0 Å². The fraction of sp³-hybridized carbons (Fsp3) is 0.638. The van der Waals surface area contributed by atoms with Gasteiger partial charge in [-0.15, -0.1) is 0 Å². The molecule has 0 bridgehead atoms. The van der Waals surface area contributed by atoms with Crippen molar-refractivity contribution in [2.75, 3.05) is 0 Å². The first-order valence-corrected chi connectivity index (χ1v) is 22.2. The Morgan fingerprint density at radius 1 is 0.279 bits per heavy atom. The average molecular weight is 861 g/mol. The Bertz CT molecular complexity index is 979. The molecule has 61 heavy (non-hydrogen) atoms. The molecule has 0 amide bonds. The number of pyridine rings is 3. The lowest BCUT2D eigenvalue weighted by Crippen LogP contribution is -2.12. The Kier molecular flexibility index (Phi) is 96.3. The topological polar surface area (TPSA) is 38.7 Å². The van der Waals surface area contributed by atoms with Gasteiger partial charge in [-0.05, 0) is 63.3 Å². The lowest BCUT2D eigenvalue weighted by atomic mass is 9.87. The largest absolute Gasteiger partial charge is 0.265 e. The summed E-state index contributed by atoms with van der Waals surface area (Å²) in [5.74, 6) is 0. The van der Waals surface area contributed by atoms with Crippen molar-refractivity contribution in [1.29, 1.82) is 0 Å². The van der Waals surface area contributed by atoms with E-state index in [0.717, 1.165) is 5.69 Å². The van der Waals surface area contributed by atoms with E-state index in [9.17, 15) is 0 Å². The van der Waals surface area contributed by atoms with Gasteiger partial charge >= 0.3 is 0 Å². The fourth-order valence-electron chi connectivity index (χ4n) is 3.40. The van der Waals surface area contributed by atoms with Crippen LogP contribution in [0.15, 0.2) is 104 Å². The maximum Gasteiger partial charge on any atom is 0.0457 e. The van der Waals surface area contributed by atoms with Crippen LogP contribution in [0.3, 0.4) is 0 Å². The van der Waals surface area contributed by atoms with Gasteiger partial charge in [0.05, 0.1) is 0 Å². The Hall–Kier alpha value is -3.33. The average Bonchev–Trinajstić information content (AvgIpc) is 3.25. The molecule has 0 aliphatic heterocycles. The normalized spacial score (nSPS) is 8.33. The summed E-state index contributed by atoms with van der Waals surface area (Å²) < 4.78 is 0. The van der Waals surface area contributed by atoms with E-state index < -0.39 is 0 Å². The van der Waals surface area contributed by atoms with E-state index >= 15 is 0 Å². The summed E-state index contributed by atoms with van der Waals surface area (Å²) in [6.07, 6.45) is 9.22. The summed E-state index contributed by atoms with van der Waals surface area (Å²) in [4.78, 5) is 12.3. The molecule has 0 atom stereocenters. The molecule has 4 rings (SSSR count). The van der Waals surface area contributed by atoms with Gasteiger partial charge in [-0.1, -0.05) is 273 Å². The second kappa shape index (κ2) is 63.3. The Morgan fingerprint density at radius 2 is 0.590 bits per heavy atom. The van der Waals surface area contributed by atoms with Gasteiger partial charge in [-0.3, -0.25) is 15.0 Å². The number of rotatable bonds is 0. The number of benzene rings is 1. The number of nitrogens with zero attached hydrogens (tertiary/aromatic N) is 3. The first-order valence-electron chi connectivity index (χ1n) is 22.2. The summed E-state index contributed by atoms with van der Waals surface area (Å²) in [5.41, 5.74) is 6.13. The molecule has 3 nitrogen and oxygen atoms in total. The minimum absolute atomic E-state index is 0. The van der Waals surface area contributed by atoms with Crippen LogP contribution in [0, 0.1) is 0 Å². The molecule has 3 heterocycles. The van der Waals surface area contributed by atoms with E-state index in [1.165, 1.54) is 16.7 Å². The summed E-state index contributed by atoms with van der Waals surface area (Å²) in [6.45, 7) is 58.3. The highest BCUT2D eigenvalue weighted by molar-refractivity contribution is 5.22. The van der Waals surface area contributed by atoms with Crippen molar-refractivity contribution in [3.05, 3.63) is 126 Å². The van der Waals surface area contributed by atoms with Crippen LogP contribution in [0.4, 0.5) is 0 Å². The lowest BCUT2D eigenvalue weighted by Gasteiger charge is -2.18. The first-order chi connectivity index (χ1) is 26.4. The first kappa shape index (κ1) is 92.8. The van der Waals surface area contributed by atoms with E-state index in [-0.39, 0.29) is 53.4 Å². The zero-order valence-electron chi connectivity index (χ0n) is 43.2. The van der Waals surface area contributed by atoms with Gasteiger partial charge in [0.15, 0.2) is 0 Å². The predicted octanol–water partition coefficient (Wildman–Crippen LogP) is 21.5. The van der Waals surface area contributed by atoms with Crippen LogP contribution in [0.1, 0.15) is 253 Å². The molecule has 3 aromatic heterocycles. The van der Waals surface area contributed by atoms with Gasteiger partial charge in [0.2, 0.25) is 0 Å². The third-order valence-electron chi connectivity index (χ3n) is 6.15. The molecule has 0 N–H and O–H groups in total. The molecule has 0 unspecified atom stereocenters. The highest BCUT2D eigenvalue weighted by atomic mass is 14.7. The molecule has 3 heteroatoms. The number of hydrogen-bond donors (Lipinski definition) is 0. The summed E-state index contributed by atoms with van der Waals surface area (Å²) in [5, 5.41) is 0. The van der Waals surface area contributed by atoms with Crippen LogP contribution in [0.5, 0.6) is 0 Å². The van der Waals surface area contributed by atoms with Crippen molar-refractivity contribution in [2.45, 2.75) is 253 Å². The maximum absolute atomic E-state index is 4.25. The lowest BCUT2D eigenvalue weighted by molar-refractivity contribution is 0.569. The van der Waals surface area contributed by atoms with Crippen LogP contribution in [-0.2, 0) is 21.7 Å². The number of hydrogen-bond acceptors (Lipinski definition) is 3. The summed E-state index contributed by atoms with van der Waals surface area (Å²) in [6, 6.07) is 24.8. The zero-order chi connectivity index (χ0) is 46.5. The van der Waals surface area contributed by atoms with Gasteiger partial charge in [-0.25, -0.2) is 0 Å². The SMILES string of the molecule is C.C.C.C.C.CC.CC.CC.CC.CC.CC.CC.CC.CC(C)(C)c1ccccc1.CC(C)(C)c1ccccn1.CC(C)(C)c1cccnc1.CC(C)(C)c1ccncc1. The molecule has 0 aliphatic rings. The third-order valence-corrected chi connectivity index (χ3v) is 6.15. The van der Waals surface area contributed by atoms with Gasteiger partial charge in [0.25, 0.3) is 0 Å². The van der Waals surface area contributed by atoms with Crippen molar-refractivity contribution in [3.63, 3.8) is 0 Å². The van der Waals surface area contributed by atoms with Crippen molar-refractivity contribution >= 4 is 0 Å². The predicted molar refractivity (Wildman–Crippen MR) is 298 cm³/mol. The molecule has 4 aromatic rings. The van der Waals surface area contributed by atoms with E-state index in [0.29, 0.717) is 5.41 Å². The van der Waals surface area contributed by atoms with Gasteiger partial charge in [0, 0.05) is 42.1 Å². The van der Waals surface area contributed by atoms with Crippen molar-refractivity contribution < 1.29 is 0 Å². The van der Waals surface area contributed by atoms with E-state index in [1.54, 1.807) is 6.20 Å². The molecule has 0 fully saturated rings. The molecule has 0 saturated carbocycles. The van der Waals surface area contributed by atoms with E-state index in [4.69, 9.17) is 0 Å². The molecule has 0 aliphatic carbocycles. The van der Waals surface area contributed by atoms with Crippen molar-refractivity contribution in [3.8, 4) is 0 Å². The minimum atomic E-state index is 0. The highest BCUT2D eigenvalue weighted by Gasteiger charge is 2.14. The Labute approximate surface area is 392 Å². The molecule has 1 aromatic carbocycles. The van der Waals surface area contributed by atoms with Crippen LogP contribution in [0.25, 0.3) is 0 Å². The second-order valence-electron chi connectivity index (χ2n) is 14.1. The summed E-state index contributed by atoms with van der Waals surface area (Å²) in [7, 11) is 0. The quantitative estimate of drug-likeness (QED) is 0.177. The van der Waals surface area contributed by atoms with Crippen LogP contribution < -0.4 is 0 Å². The third kappa shape index (κ3) is 61.1. The van der Waals surface area contributed by atoms with Crippen LogP contribution in [0.2, 0.25) is 0 Å². The van der Waals surface area contributed by atoms with Crippen molar-refractivity contribution in [2.24, 2.45) is 0 Å². The minimum Gasteiger partial charge on any atom is -0.265 e. The van der Waals surface area contributed by atoms with Gasteiger partial charge in [0.1, 0.15) is 0 Å². The van der Waals surface area contributed by atoms with E-state index in [2.05, 4.69) is 153 Å². The number of aromatic nitrogens is 3. The Morgan fingerprint density at radius 3 is 0.787 bits per heavy atom. The maximum atomic E-state index is 4.25. The molecule has 368 valence electrons. The van der Waals surface area contributed by atoms with Crippen LogP contribution >= 0.6 is 0 Å². The van der Waals surface area contributed by atoms with Gasteiger partial charge < -0.3 is 0 Å².